The maximum absolute atomic E-state index is 12.4. The Balaban J connectivity index is 1.48. The standard InChI is InChI=1S/C20H36NO2/c1-4-21(5-2,6-3)7-8-23-19(22)15-20-12-16-9-17(13-20)11-18(10-16)14-20/h16-18H,4-15H2,1-3H3/q+1. The van der Waals surface area contributed by atoms with Crippen molar-refractivity contribution in [3.63, 3.8) is 0 Å². The quantitative estimate of drug-likeness (QED) is 0.498. The maximum Gasteiger partial charge on any atom is 0.306 e. The molecule has 0 amide bonds. The molecule has 0 N–H and O–H groups in total. The fourth-order valence-corrected chi connectivity index (χ4v) is 6.36. The molecule has 4 fully saturated rings. The van der Waals surface area contributed by atoms with E-state index in [2.05, 4.69) is 20.8 Å². The third kappa shape index (κ3) is 3.60. The number of quaternary nitrogens is 1. The molecule has 3 nitrogen and oxygen atoms in total. The van der Waals surface area contributed by atoms with Crippen LogP contribution in [0, 0.1) is 23.2 Å². The van der Waals surface area contributed by atoms with E-state index >= 15 is 0 Å². The highest BCUT2D eigenvalue weighted by Gasteiger charge is 2.51. The SMILES string of the molecule is CC[N+](CC)(CC)CCOC(=O)CC12CC3CC(CC(C3)C1)C2. The number of ether oxygens (including phenoxy) is 1. The Hall–Kier alpha value is -0.570. The molecular weight excluding hydrogens is 286 g/mol. The highest BCUT2D eigenvalue weighted by atomic mass is 16.5. The van der Waals surface area contributed by atoms with Gasteiger partial charge in [0.05, 0.1) is 26.1 Å². The van der Waals surface area contributed by atoms with Gasteiger partial charge in [-0.05, 0) is 82.5 Å². The molecule has 4 bridgehead atoms. The maximum atomic E-state index is 12.4. The third-order valence-corrected chi connectivity index (χ3v) is 7.53. The lowest BCUT2D eigenvalue weighted by molar-refractivity contribution is -0.923. The number of likely N-dealkylation sites (N-methyl/N-ethyl adjacent to an activating group) is 1. The first kappa shape index (κ1) is 17.3. The van der Waals surface area contributed by atoms with E-state index in [1.165, 1.54) is 38.5 Å². The van der Waals surface area contributed by atoms with Gasteiger partial charge < -0.3 is 9.22 Å². The number of rotatable bonds is 8. The van der Waals surface area contributed by atoms with Gasteiger partial charge >= 0.3 is 5.97 Å². The van der Waals surface area contributed by atoms with Gasteiger partial charge in [-0.1, -0.05) is 0 Å². The number of hydrogen-bond donors (Lipinski definition) is 0. The van der Waals surface area contributed by atoms with Crippen molar-refractivity contribution in [2.45, 2.75) is 65.7 Å². The summed E-state index contributed by atoms with van der Waals surface area (Å²) < 4.78 is 6.75. The summed E-state index contributed by atoms with van der Waals surface area (Å²) in [5, 5.41) is 0. The molecule has 23 heavy (non-hydrogen) atoms. The second kappa shape index (κ2) is 6.74. The topological polar surface area (TPSA) is 26.3 Å². The molecule has 0 aromatic heterocycles. The van der Waals surface area contributed by atoms with Gasteiger partial charge in [-0.2, -0.15) is 0 Å². The smallest absolute Gasteiger partial charge is 0.306 e. The van der Waals surface area contributed by atoms with Gasteiger partial charge in [0.1, 0.15) is 13.2 Å². The fourth-order valence-electron chi connectivity index (χ4n) is 6.36. The minimum atomic E-state index is 0.0772. The number of nitrogens with zero attached hydrogens (tertiary/aromatic N) is 1. The van der Waals surface area contributed by atoms with Gasteiger partial charge in [-0.15, -0.1) is 0 Å². The van der Waals surface area contributed by atoms with Crippen molar-refractivity contribution in [1.82, 2.24) is 0 Å². The average Bonchev–Trinajstić information content (AvgIpc) is 2.50. The van der Waals surface area contributed by atoms with Crippen molar-refractivity contribution >= 4 is 5.97 Å². The Morgan fingerprint density at radius 2 is 1.43 bits per heavy atom. The first-order valence-corrected chi connectivity index (χ1v) is 10.0. The molecule has 0 spiro atoms. The summed E-state index contributed by atoms with van der Waals surface area (Å²) in [5.41, 5.74) is 0.318. The molecule has 0 aromatic carbocycles. The molecule has 0 saturated heterocycles. The molecule has 0 atom stereocenters. The minimum absolute atomic E-state index is 0.0772. The number of esters is 1. The van der Waals surface area contributed by atoms with Crippen LogP contribution in [0.3, 0.4) is 0 Å². The zero-order chi connectivity index (χ0) is 16.5. The molecule has 3 heteroatoms. The molecule has 4 aliphatic rings. The summed E-state index contributed by atoms with van der Waals surface area (Å²) in [4.78, 5) is 12.4. The first-order chi connectivity index (χ1) is 11.0. The lowest BCUT2D eigenvalue weighted by atomic mass is 9.49. The van der Waals surface area contributed by atoms with Crippen molar-refractivity contribution < 1.29 is 14.0 Å². The van der Waals surface area contributed by atoms with Crippen LogP contribution in [0.4, 0.5) is 0 Å². The van der Waals surface area contributed by atoms with Crippen LogP contribution in [0.25, 0.3) is 0 Å². The Morgan fingerprint density at radius 3 is 1.87 bits per heavy atom. The summed E-state index contributed by atoms with van der Waals surface area (Å²) in [7, 11) is 0. The van der Waals surface area contributed by atoms with Crippen molar-refractivity contribution in [2.24, 2.45) is 23.2 Å². The Bertz CT molecular complexity index is 384. The molecule has 0 unspecified atom stereocenters. The second-order valence-corrected chi connectivity index (χ2v) is 8.83. The van der Waals surface area contributed by atoms with Crippen molar-refractivity contribution in [3.05, 3.63) is 0 Å². The van der Waals surface area contributed by atoms with E-state index in [0.717, 1.165) is 48.4 Å². The summed E-state index contributed by atoms with van der Waals surface area (Å²) >= 11 is 0. The van der Waals surface area contributed by atoms with Gasteiger partial charge in [-0.3, -0.25) is 4.79 Å². The summed E-state index contributed by atoms with van der Waals surface area (Å²) in [6.07, 6.45) is 8.92. The normalized spacial score (nSPS) is 35.5. The average molecular weight is 323 g/mol. The highest BCUT2D eigenvalue weighted by Crippen LogP contribution is 2.61. The molecule has 132 valence electrons. The van der Waals surface area contributed by atoms with Gasteiger partial charge in [0, 0.05) is 0 Å². The molecule has 4 rings (SSSR count). The van der Waals surface area contributed by atoms with E-state index in [-0.39, 0.29) is 5.97 Å². The molecule has 0 aliphatic heterocycles. The zero-order valence-electron chi connectivity index (χ0n) is 15.5. The Kier molecular flexibility index (Phi) is 5.06. The van der Waals surface area contributed by atoms with E-state index in [1.54, 1.807) is 0 Å². The van der Waals surface area contributed by atoms with Crippen LogP contribution >= 0.6 is 0 Å². The van der Waals surface area contributed by atoms with Gasteiger partial charge in [0.15, 0.2) is 0 Å². The van der Waals surface area contributed by atoms with Crippen LogP contribution in [-0.2, 0) is 9.53 Å². The zero-order valence-corrected chi connectivity index (χ0v) is 15.5. The number of hydrogen-bond acceptors (Lipinski definition) is 2. The molecule has 4 aliphatic carbocycles. The van der Waals surface area contributed by atoms with Crippen molar-refractivity contribution in [2.75, 3.05) is 32.8 Å². The van der Waals surface area contributed by atoms with E-state index < -0.39 is 0 Å². The number of carbonyl (C=O) groups is 1. The molecule has 4 saturated carbocycles. The molecule has 0 heterocycles. The third-order valence-electron chi connectivity index (χ3n) is 7.53. The lowest BCUT2D eigenvalue weighted by Crippen LogP contribution is -2.50. The van der Waals surface area contributed by atoms with E-state index in [4.69, 9.17) is 4.74 Å². The predicted molar refractivity (Wildman–Crippen MR) is 92.9 cm³/mol. The monoisotopic (exact) mass is 322 g/mol. The van der Waals surface area contributed by atoms with Gasteiger partial charge in [-0.25, -0.2) is 0 Å². The van der Waals surface area contributed by atoms with Gasteiger partial charge in [0.2, 0.25) is 0 Å². The lowest BCUT2D eigenvalue weighted by Gasteiger charge is -2.56. The van der Waals surface area contributed by atoms with E-state index in [0.29, 0.717) is 18.4 Å². The van der Waals surface area contributed by atoms with Crippen LogP contribution in [0.2, 0.25) is 0 Å². The Morgan fingerprint density at radius 1 is 0.957 bits per heavy atom. The predicted octanol–water partition coefficient (Wildman–Crippen LogP) is 4.01. The van der Waals surface area contributed by atoms with E-state index in [1.807, 2.05) is 0 Å². The Labute approximate surface area is 142 Å². The van der Waals surface area contributed by atoms with E-state index in [9.17, 15) is 4.79 Å². The van der Waals surface area contributed by atoms with Crippen LogP contribution in [0.5, 0.6) is 0 Å². The van der Waals surface area contributed by atoms with Gasteiger partial charge in [0.25, 0.3) is 0 Å². The largest absolute Gasteiger partial charge is 0.460 e. The number of carbonyl (C=O) groups excluding carboxylic acids is 1. The van der Waals surface area contributed by atoms with Crippen LogP contribution < -0.4 is 0 Å². The second-order valence-electron chi connectivity index (χ2n) is 8.83. The van der Waals surface area contributed by atoms with Crippen LogP contribution in [0.15, 0.2) is 0 Å². The van der Waals surface area contributed by atoms with Crippen LogP contribution in [0.1, 0.15) is 65.7 Å². The van der Waals surface area contributed by atoms with Crippen LogP contribution in [-0.4, -0.2) is 43.2 Å². The fraction of sp³-hybridized carbons (Fsp3) is 0.950. The molecule has 0 aromatic rings. The molecular formula is C20H36NO2+. The minimum Gasteiger partial charge on any atom is -0.460 e. The van der Waals surface area contributed by atoms with Crippen molar-refractivity contribution in [1.29, 1.82) is 0 Å². The molecule has 0 radical (unpaired) electrons. The van der Waals surface area contributed by atoms with Crippen molar-refractivity contribution in [3.8, 4) is 0 Å². The summed E-state index contributed by atoms with van der Waals surface area (Å²) in [6.45, 7) is 11.7. The summed E-state index contributed by atoms with van der Waals surface area (Å²) in [5.74, 6) is 2.82. The summed E-state index contributed by atoms with van der Waals surface area (Å²) in [6, 6.07) is 0. The first-order valence-electron chi connectivity index (χ1n) is 10.0. The highest BCUT2D eigenvalue weighted by molar-refractivity contribution is 5.70.